The maximum atomic E-state index is 11.0. The van der Waals surface area contributed by atoms with Crippen molar-refractivity contribution < 1.29 is 9.90 Å². The van der Waals surface area contributed by atoms with E-state index < -0.39 is 5.97 Å². The summed E-state index contributed by atoms with van der Waals surface area (Å²) in [6.45, 7) is 0. The van der Waals surface area contributed by atoms with Crippen LogP contribution in [0.15, 0.2) is 72.8 Å². The van der Waals surface area contributed by atoms with Crippen LogP contribution in [0, 0.1) is 0 Å². The molecule has 0 unspecified atom stereocenters. The highest BCUT2D eigenvalue weighted by molar-refractivity contribution is 5.96. The van der Waals surface area contributed by atoms with Crippen LogP contribution in [0.1, 0.15) is 21.5 Å². The highest BCUT2D eigenvalue weighted by atomic mass is 16.4. The number of rotatable bonds is 4. The Morgan fingerprint density at radius 3 is 2.40 bits per heavy atom. The largest absolute Gasteiger partial charge is 0.478 e. The zero-order chi connectivity index (χ0) is 17.2. The van der Waals surface area contributed by atoms with E-state index in [-0.39, 0.29) is 5.56 Å². The molecule has 0 bridgehead atoms. The van der Waals surface area contributed by atoms with Crippen LogP contribution in [0.3, 0.4) is 0 Å². The molecular weight excluding hydrogens is 312 g/mol. The summed E-state index contributed by atoms with van der Waals surface area (Å²) in [7, 11) is 0. The van der Waals surface area contributed by atoms with Crippen molar-refractivity contribution in [3.8, 4) is 11.3 Å². The molecule has 0 saturated carbocycles. The number of aromatic amines is 1. The van der Waals surface area contributed by atoms with E-state index in [1.165, 1.54) is 11.1 Å². The van der Waals surface area contributed by atoms with Crippen LogP contribution in [0.5, 0.6) is 0 Å². The number of nitrogens with zero attached hydrogens (tertiary/aromatic N) is 1. The Labute approximate surface area is 144 Å². The van der Waals surface area contributed by atoms with Gasteiger partial charge >= 0.3 is 5.97 Å². The van der Waals surface area contributed by atoms with Crippen LogP contribution in [0.2, 0.25) is 0 Å². The Kier molecular flexibility index (Phi) is 3.78. The maximum absolute atomic E-state index is 11.0. The Balaban J connectivity index is 1.81. The standard InChI is InChI=1S/C21H16N2O2/c24-21(25)16-11-9-15(10-12-16)20-19-17(7-4-8-18(19)22-23-20)13-14-5-2-1-3-6-14/h1-12H,13H2,(H,22,23)(H,24,25). The zero-order valence-corrected chi connectivity index (χ0v) is 13.4. The van der Waals surface area contributed by atoms with E-state index in [2.05, 4.69) is 28.4 Å². The molecule has 1 aromatic heterocycles. The van der Waals surface area contributed by atoms with E-state index in [0.717, 1.165) is 28.6 Å². The number of carbonyl (C=O) groups is 1. The number of H-pyrrole nitrogens is 1. The van der Waals surface area contributed by atoms with Crippen molar-refractivity contribution in [1.29, 1.82) is 0 Å². The second-order valence-corrected chi connectivity index (χ2v) is 5.96. The van der Waals surface area contributed by atoms with Crippen LogP contribution in [-0.4, -0.2) is 21.3 Å². The van der Waals surface area contributed by atoms with Crippen LogP contribution < -0.4 is 0 Å². The lowest BCUT2D eigenvalue weighted by molar-refractivity contribution is 0.0697. The molecule has 0 spiro atoms. The summed E-state index contributed by atoms with van der Waals surface area (Å²) in [5.74, 6) is -0.928. The molecule has 3 aromatic carbocycles. The number of benzene rings is 3. The lowest BCUT2D eigenvalue weighted by atomic mass is 9.97. The third-order valence-electron chi connectivity index (χ3n) is 4.32. The highest BCUT2D eigenvalue weighted by Gasteiger charge is 2.13. The van der Waals surface area contributed by atoms with Crippen molar-refractivity contribution in [2.24, 2.45) is 0 Å². The van der Waals surface area contributed by atoms with Gasteiger partial charge in [0.25, 0.3) is 0 Å². The van der Waals surface area contributed by atoms with Gasteiger partial charge in [0.2, 0.25) is 0 Å². The molecule has 1 heterocycles. The van der Waals surface area contributed by atoms with E-state index in [1.807, 2.05) is 30.3 Å². The first-order chi connectivity index (χ1) is 12.2. The van der Waals surface area contributed by atoms with E-state index in [9.17, 15) is 4.79 Å². The smallest absolute Gasteiger partial charge is 0.335 e. The lowest BCUT2D eigenvalue weighted by Gasteiger charge is -2.06. The summed E-state index contributed by atoms with van der Waals surface area (Å²) in [4.78, 5) is 11.0. The molecule has 4 aromatic rings. The van der Waals surface area contributed by atoms with E-state index in [1.54, 1.807) is 24.3 Å². The second kappa shape index (κ2) is 6.24. The molecule has 0 fully saturated rings. The monoisotopic (exact) mass is 328 g/mol. The molecule has 4 rings (SSSR count). The molecule has 0 aliphatic carbocycles. The van der Waals surface area contributed by atoms with Gasteiger partial charge in [-0.15, -0.1) is 0 Å². The molecule has 2 N–H and O–H groups in total. The Hall–Kier alpha value is -3.40. The Morgan fingerprint density at radius 2 is 1.68 bits per heavy atom. The van der Waals surface area contributed by atoms with Crippen molar-refractivity contribution in [2.75, 3.05) is 0 Å². The molecular formula is C21H16N2O2. The maximum Gasteiger partial charge on any atom is 0.335 e. The normalized spacial score (nSPS) is 10.9. The fourth-order valence-corrected chi connectivity index (χ4v) is 3.09. The van der Waals surface area contributed by atoms with E-state index in [4.69, 9.17) is 5.11 Å². The minimum absolute atomic E-state index is 0.271. The predicted molar refractivity (Wildman–Crippen MR) is 97.7 cm³/mol. The average molecular weight is 328 g/mol. The summed E-state index contributed by atoms with van der Waals surface area (Å²) >= 11 is 0. The van der Waals surface area contributed by atoms with E-state index in [0.29, 0.717) is 0 Å². The van der Waals surface area contributed by atoms with Crippen LogP contribution in [-0.2, 0) is 6.42 Å². The summed E-state index contributed by atoms with van der Waals surface area (Å²) in [6, 6.07) is 23.3. The number of hydrogen-bond acceptors (Lipinski definition) is 2. The van der Waals surface area contributed by atoms with Crippen LogP contribution >= 0.6 is 0 Å². The third kappa shape index (κ3) is 2.90. The van der Waals surface area contributed by atoms with Gasteiger partial charge in [-0.05, 0) is 35.7 Å². The van der Waals surface area contributed by atoms with Crippen molar-refractivity contribution in [3.63, 3.8) is 0 Å². The van der Waals surface area contributed by atoms with Gasteiger partial charge in [-0.1, -0.05) is 54.6 Å². The molecule has 4 nitrogen and oxygen atoms in total. The number of carboxylic acids is 1. The predicted octanol–water partition coefficient (Wildman–Crippen LogP) is 4.52. The van der Waals surface area contributed by atoms with Gasteiger partial charge in [-0.25, -0.2) is 4.79 Å². The van der Waals surface area contributed by atoms with Gasteiger partial charge in [0.15, 0.2) is 0 Å². The summed E-state index contributed by atoms with van der Waals surface area (Å²) in [5.41, 5.74) is 5.42. The second-order valence-electron chi connectivity index (χ2n) is 5.96. The minimum Gasteiger partial charge on any atom is -0.478 e. The van der Waals surface area contributed by atoms with Crippen LogP contribution in [0.4, 0.5) is 0 Å². The summed E-state index contributed by atoms with van der Waals surface area (Å²) in [5, 5.41) is 17.7. The molecule has 0 aliphatic heterocycles. The summed E-state index contributed by atoms with van der Waals surface area (Å²) in [6.07, 6.45) is 0.817. The van der Waals surface area contributed by atoms with Gasteiger partial charge < -0.3 is 5.11 Å². The quantitative estimate of drug-likeness (QED) is 0.579. The highest BCUT2D eigenvalue weighted by Crippen LogP contribution is 2.30. The van der Waals surface area contributed by atoms with Gasteiger partial charge in [0, 0.05) is 10.9 Å². The molecule has 122 valence electrons. The lowest BCUT2D eigenvalue weighted by Crippen LogP contribution is -1.95. The zero-order valence-electron chi connectivity index (χ0n) is 13.4. The first kappa shape index (κ1) is 15.1. The number of aromatic carboxylic acids is 1. The topological polar surface area (TPSA) is 66.0 Å². The number of fused-ring (bicyclic) bond motifs is 1. The van der Waals surface area contributed by atoms with Crippen molar-refractivity contribution >= 4 is 16.9 Å². The molecule has 0 atom stereocenters. The fraction of sp³-hybridized carbons (Fsp3) is 0.0476. The van der Waals surface area contributed by atoms with Crippen LogP contribution in [0.25, 0.3) is 22.2 Å². The molecule has 25 heavy (non-hydrogen) atoms. The molecule has 0 saturated heterocycles. The molecule has 4 heteroatoms. The SMILES string of the molecule is O=C(O)c1ccc(-c2n[nH]c3cccc(Cc4ccccc4)c23)cc1. The number of aromatic nitrogens is 2. The van der Waals surface area contributed by atoms with Crippen molar-refractivity contribution in [3.05, 3.63) is 89.5 Å². The molecule has 0 aliphatic rings. The van der Waals surface area contributed by atoms with E-state index >= 15 is 0 Å². The van der Waals surface area contributed by atoms with Gasteiger partial charge in [-0.3, -0.25) is 5.10 Å². The summed E-state index contributed by atoms with van der Waals surface area (Å²) < 4.78 is 0. The van der Waals surface area contributed by atoms with Gasteiger partial charge in [-0.2, -0.15) is 5.10 Å². The fourth-order valence-electron chi connectivity index (χ4n) is 3.09. The third-order valence-corrected chi connectivity index (χ3v) is 4.32. The average Bonchev–Trinajstić information content (AvgIpc) is 3.08. The minimum atomic E-state index is -0.928. The number of carboxylic acid groups (broad SMARTS) is 1. The first-order valence-electron chi connectivity index (χ1n) is 8.06. The van der Waals surface area contributed by atoms with Crippen molar-refractivity contribution in [2.45, 2.75) is 6.42 Å². The number of nitrogens with one attached hydrogen (secondary N) is 1. The molecule has 0 radical (unpaired) electrons. The number of hydrogen-bond donors (Lipinski definition) is 2. The Morgan fingerprint density at radius 1 is 0.920 bits per heavy atom. The van der Waals surface area contributed by atoms with Gasteiger partial charge in [0.05, 0.1) is 11.1 Å². The van der Waals surface area contributed by atoms with Gasteiger partial charge in [0.1, 0.15) is 5.69 Å². The Bertz CT molecular complexity index is 1030. The first-order valence-corrected chi connectivity index (χ1v) is 8.06. The van der Waals surface area contributed by atoms with Crippen molar-refractivity contribution in [1.82, 2.24) is 10.2 Å². The molecule has 0 amide bonds.